The van der Waals surface area contributed by atoms with E-state index in [1.165, 1.54) is 0 Å². The molecule has 0 radical (unpaired) electrons. The molecule has 2 heterocycles. The molecule has 0 saturated carbocycles. The molecule has 2 aromatic rings. The van der Waals surface area contributed by atoms with Gasteiger partial charge in [0.2, 0.25) is 0 Å². The van der Waals surface area contributed by atoms with Crippen LogP contribution in [0.4, 0.5) is 0 Å². The number of nitrogens with zero attached hydrogens (tertiary/aromatic N) is 5. The SMILES string of the molecule is C=CCCCN(C)C(=NCc1ccc(-n2nc(C)cc2C)nc1)NCC. The molecule has 0 amide bonds. The van der Waals surface area contributed by atoms with Crippen molar-refractivity contribution in [2.45, 2.75) is 40.2 Å². The van der Waals surface area contributed by atoms with Crippen LogP contribution >= 0.6 is 0 Å². The third kappa shape index (κ3) is 5.44. The van der Waals surface area contributed by atoms with Crippen molar-refractivity contribution < 1.29 is 0 Å². The van der Waals surface area contributed by atoms with E-state index < -0.39 is 0 Å². The third-order valence-corrected chi connectivity index (χ3v) is 4.05. The molecule has 6 nitrogen and oxygen atoms in total. The van der Waals surface area contributed by atoms with Gasteiger partial charge in [-0.05, 0) is 51.3 Å². The molecule has 0 spiro atoms. The molecule has 0 aliphatic carbocycles. The quantitative estimate of drug-likeness (QED) is 0.342. The number of allylic oxidation sites excluding steroid dienone is 1. The minimum absolute atomic E-state index is 0.596. The Morgan fingerprint density at radius 2 is 2.19 bits per heavy atom. The van der Waals surface area contributed by atoms with E-state index in [9.17, 15) is 0 Å². The van der Waals surface area contributed by atoms with E-state index >= 15 is 0 Å². The Morgan fingerprint density at radius 1 is 1.38 bits per heavy atom. The van der Waals surface area contributed by atoms with E-state index in [1.54, 1.807) is 0 Å². The molecule has 0 saturated heterocycles. The maximum Gasteiger partial charge on any atom is 0.193 e. The van der Waals surface area contributed by atoms with Crippen molar-refractivity contribution in [2.24, 2.45) is 4.99 Å². The summed E-state index contributed by atoms with van der Waals surface area (Å²) in [6.45, 7) is 12.3. The molecule has 0 aromatic carbocycles. The molecule has 2 rings (SSSR count). The average Bonchev–Trinajstić information content (AvgIpc) is 2.97. The van der Waals surface area contributed by atoms with Crippen LogP contribution in [0.15, 0.2) is 42.0 Å². The van der Waals surface area contributed by atoms with E-state index in [0.717, 1.165) is 54.7 Å². The first-order chi connectivity index (χ1) is 12.5. The van der Waals surface area contributed by atoms with Gasteiger partial charge in [0.25, 0.3) is 0 Å². The standard InChI is InChI=1S/C20H30N6/c1-6-8-9-12-25(5)20(21-7-2)23-15-18-10-11-19(22-14-18)26-17(4)13-16(3)24-26/h6,10-11,13-14H,1,7-9,12,15H2,2-5H3,(H,21,23). The highest BCUT2D eigenvalue weighted by Crippen LogP contribution is 2.11. The van der Waals surface area contributed by atoms with E-state index in [4.69, 9.17) is 4.99 Å². The van der Waals surface area contributed by atoms with Gasteiger partial charge >= 0.3 is 0 Å². The van der Waals surface area contributed by atoms with Gasteiger partial charge in [-0.1, -0.05) is 12.1 Å². The van der Waals surface area contributed by atoms with Gasteiger partial charge in [0.05, 0.1) is 12.2 Å². The average molecular weight is 355 g/mol. The predicted molar refractivity (Wildman–Crippen MR) is 108 cm³/mol. The Morgan fingerprint density at radius 3 is 2.77 bits per heavy atom. The fourth-order valence-electron chi connectivity index (χ4n) is 2.71. The third-order valence-electron chi connectivity index (χ3n) is 4.05. The molecule has 140 valence electrons. The molecule has 2 aromatic heterocycles. The summed E-state index contributed by atoms with van der Waals surface area (Å²) in [5.41, 5.74) is 3.15. The van der Waals surface area contributed by atoms with Gasteiger partial charge in [0, 0.05) is 32.0 Å². The van der Waals surface area contributed by atoms with Crippen LogP contribution in [-0.4, -0.2) is 45.8 Å². The van der Waals surface area contributed by atoms with Gasteiger partial charge < -0.3 is 10.2 Å². The fourth-order valence-corrected chi connectivity index (χ4v) is 2.71. The Bertz CT molecular complexity index is 729. The molecule has 0 atom stereocenters. The lowest BCUT2D eigenvalue weighted by Crippen LogP contribution is -2.39. The first-order valence-electron chi connectivity index (χ1n) is 9.14. The highest BCUT2D eigenvalue weighted by Gasteiger charge is 2.07. The molecular weight excluding hydrogens is 324 g/mol. The van der Waals surface area contributed by atoms with Gasteiger partial charge in [-0.15, -0.1) is 6.58 Å². The van der Waals surface area contributed by atoms with Crippen LogP contribution in [-0.2, 0) is 6.54 Å². The van der Waals surface area contributed by atoms with Crippen molar-refractivity contribution in [2.75, 3.05) is 20.1 Å². The Hall–Kier alpha value is -2.63. The first kappa shape index (κ1) is 19.7. The monoisotopic (exact) mass is 354 g/mol. The maximum absolute atomic E-state index is 4.73. The summed E-state index contributed by atoms with van der Waals surface area (Å²) in [5, 5.41) is 7.81. The van der Waals surface area contributed by atoms with Gasteiger partial charge in [-0.25, -0.2) is 14.7 Å². The Labute approximate surface area is 156 Å². The lowest BCUT2D eigenvalue weighted by Gasteiger charge is -2.21. The van der Waals surface area contributed by atoms with Crippen molar-refractivity contribution in [3.63, 3.8) is 0 Å². The van der Waals surface area contributed by atoms with Crippen LogP contribution in [0.3, 0.4) is 0 Å². The summed E-state index contributed by atoms with van der Waals surface area (Å²) >= 11 is 0. The molecular formula is C20H30N6. The molecule has 1 N–H and O–H groups in total. The van der Waals surface area contributed by atoms with Crippen molar-refractivity contribution in [1.82, 2.24) is 25.0 Å². The number of nitrogens with one attached hydrogen (secondary N) is 1. The second-order valence-electron chi connectivity index (χ2n) is 6.39. The fraction of sp³-hybridized carbons (Fsp3) is 0.450. The number of aromatic nitrogens is 3. The van der Waals surface area contributed by atoms with Gasteiger partial charge in [0.15, 0.2) is 11.8 Å². The summed E-state index contributed by atoms with van der Waals surface area (Å²) in [6.07, 6.45) is 5.91. The topological polar surface area (TPSA) is 58.3 Å². The number of aryl methyl sites for hydroxylation is 2. The minimum Gasteiger partial charge on any atom is -0.357 e. The molecule has 0 unspecified atom stereocenters. The smallest absolute Gasteiger partial charge is 0.193 e. The molecule has 0 aliphatic heterocycles. The number of pyridine rings is 1. The second kappa shape index (κ2) is 9.75. The number of hydrogen-bond acceptors (Lipinski definition) is 3. The summed E-state index contributed by atoms with van der Waals surface area (Å²) in [4.78, 5) is 11.4. The predicted octanol–water partition coefficient (Wildman–Crippen LogP) is 3.25. The van der Waals surface area contributed by atoms with E-state index in [2.05, 4.69) is 46.9 Å². The van der Waals surface area contributed by atoms with E-state index in [0.29, 0.717) is 6.54 Å². The van der Waals surface area contributed by atoms with Gasteiger partial charge in [-0.3, -0.25) is 0 Å². The minimum atomic E-state index is 0.596. The summed E-state index contributed by atoms with van der Waals surface area (Å²) in [7, 11) is 2.06. The zero-order chi connectivity index (χ0) is 18.9. The summed E-state index contributed by atoms with van der Waals surface area (Å²) in [6, 6.07) is 6.10. The van der Waals surface area contributed by atoms with E-state index in [1.807, 2.05) is 42.9 Å². The van der Waals surface area contributed by atoms with Crippen LogP contribution in [0.5, 0.6) is 0 Å². The lowest BCUT2D eigenvalue weighted by molar-refractivity contribution is 0.470. The van der Waals surface area contributed by atoms with Crippen molar-refractivity contribution in [3.8, 4) is 5.82 Å². The van der Waals surface area contributed by atoms with Crippen LogP contribution in [0, 0.1) is 13.8 Å². The van der Waals surface area contributed by atoms with Gasteiger partial charge in [-0.2, -0.15) is 5.10 Å². The van der Waals surface area contributed by atoms with Crippen LogP contribution < -0.4 is 5.32 Å². The van der Waals surface area contributed by atoms with Crippen LogP contribution in [0.25, 0.3) is 5.82 Å². The Balaban J connectivity index is 2.04. The maximum atomic E-state index is 4.73. The Kier molecular flexibility index (Phi) is 7.38. The second-order valence-corrected chi connectivity index (χ2v) is 6.39. The number of rotatable bonds is 8. The van der Waals surface area contributed by atoms with Crippen molar-refractivity contribution in [3.05, 3.63) is 54.0 Å². The van der Waals surface area contributed by atoms with Crippen molar-refractivity contribution >= 4 is 5.96 Å². The first-order valence-corrected chi connectivity index (χ1v) is 9.14. The number of guanidine groups is 1. The van der Waals surface area contributed by atoms with Crippen LogP contribution in [0.1, 0.15) is 36.7 Å². The van der Waals surface area contributed by atoms with Crippen LogP contribution in [0.2, 0.25) is 0 Å². The summed E-state index contributed by atoms with van der Waals surface area (Å²) < 4.78 is 1.86. The van der Waals surface area contributed by atoms with Gasteiger partial charge in [0.1, 0.15) is 0 Å². The normalized spacial score (nSPS) is 11.5. The molecule has 26 heavy (non-hydrogen) atoms. The zero-order valence-corrected chi connectivity index (χ0v) is 16.4. The summed E-state index contributed by atoms with van der Waals surface area (Å²) in [5.74, 6) is 1.75. The highest BCUT2D eigenvalue weighted by molar-refractivity contribution is 5.79. The number of unbranched alkanes of at least 4 members (excludes halogenated alkanes) is 1. The molecule has 0 bridgehead atoms. The number of aliphatic imine (C=N–C) groups is 1. The van der Waals surface area contributed by atoms with Crippen molar-refractivity contribution in [1.29, 1.82) is 0 Å². The van der Waals surface area contributed by atoms with E-state index in [-0.39, 0.29) is 0 Å². The molecule has 6 heteroatoms. The molecule has 0 aliphatic rings. The lowest BCUT2D eigenvalue weighted by atomic mass is 10.3. The largest absolute Gasteiger partial charge is 0.357 e. The highest BCUT2D eigenvalue weighted by atomic mass is 15.3. The number of hydrogen-bond donors (Lipinski definition) is 1. The zero-order valence-electron chi connectivity index (χ0n) is 16.4. The molecule has 0 fully saturated rings.